The van der Waals surface area contributed by atoms with E-state index in [2.05, 4.69) is 10.1 Å². The normalized spacial score (nSPS) is 16.2. The van der Waals surface area contributed by atoms with E-state index in [-0.39, 0.29) is 22.2 Å². The van der Waals surface area contributed by atoms with Crippen molar-refractivity contribution >= 4 is 27.1 Å². The van der Waals surface area contributed by atoms with Gasteiger partial charge in [-0.2, -0.15) is 13.5 Å². The Labute approximate surface area is 200 Å². The Morgan fingerprint density at radius 1 is 1.20 bits per heavy atom. The summed E-state index contributed by atoms with van der Waals surface area (Å²) in [5.41, 5.74) is 1.38. The molecule has 1 amide bonds. The third kappa shape index (κ3) is 4.14. The van der Waals surface area contributed by atoms with Crippen LogP contribution in [0.25, 0.3) is 5.52 Å². The molecule has 1 fully saturated rings. The molecule has 3 aromatic heterocycles. The number of amides is 1. The van der Waals surface area contributed by atoms with Crippen LogP contribution in [0.1, 0.15) is 40.6 Å². The van der Waals surface area contributed by atoms with Crippen molar-refractivity contribution in [3.8, 4) is 0 Å². The smallest absolute Gasteiger partial charge is 0.283 e. The molecule has 9 nitrogen and oxygen atoms in total. The molecule has 1 aromatic carbocycles. The average Bonchev–Trinajstić information content (AvgIpc) is 3.53. The summed E-state index contributed by atoms with van der Waals surface area (Å²) in [6.07, 6.45) is 5.65. The Kier molecular flexibility index (Phi) is 5.55. The van der Waals surface area contributed by atoms with Crippen LogP contribution in [-0.4, -0.2) is 40.0 Å². The average molecular weight is 501 g/mol. The topological polar surface area (TPSA) is 102 Å². The minimum absolute atomic E-state index is 0.0516. The van der Waals surface area contributed by atoms with Crippen LogP contribution in [0, 0.1) is 18.6 Å². The fraction of sp³-hybridized carbons (Fsp3) is 0.261. The summed E-state index contributed by atoms with van der Waals surface area (Å²) in [6.45, 7) is 2.26. The van der Waals surface area contributed by atoms with Crippen molar-refractivity contribution in [2.45, 2.75) is 30.8 Å². The molecule has 182 valence electrons. The van der Waals surface area contributed by atoms with Gasteiger partial charge < -0.3 is 9.47 Å². The first-order chi connectivity index (χ1) is 16.6. The number of sulfonamides is 1. The van der Waals surface area contributed by atoms with E-state index in [4.69, 9.17) is 0 Å². The lowest BCUT2D eigenvalue weighted by molar-refractivity contribution is 0.0983. The number of carbonyl (C=O) groups is 1. The molecule has 1 N–H and O–H groups in total. The molecule has 1 unspecified atom stereocenters. The van der Waals surface area contributed by atoms with Gasteiger partial charge in [0.25, 0.3) is 15.9 Å². The Bertz CT molecular complexity index is 1540. The molecule has 0 spiro atoms. The van der Waals surface area contributed by atoms with E-state index in [0.29, 0.717) is 30.0 Å². The summed E-state index contributed by atoms with van der Waals surface area (Å²) in [4.78, 5) is 18.8. The van der Waals surface area contributed by atoms with Crippen LogP contribution in [0.4, 0.5) is 14.5 Å². The summed E-state index contributed by atoms with van der Waals surface area (Å²) < 4.78 is 58.7. The van der Waals surface area contributed by atoms with Gasteiger partial charge >= 0.3 is 0 Å². The van der Waals surface area contributed by atoms with Crippen molar-refractivity contribution < 1.29 is 22.0 Å². The summed E-state index contributed by atoms with van der Waals surface area (Å²) in [6, 6.07) is 6.49. The molecule has 5 rings (SSSR count). The first-order valence-electron chi connectivity index (χ1n) is 10.9. The quantitative estimate of drug-likeness (QED) is 0.452. The molecule has 0 saturated carbocycles. The van der Waals surface area contributed by atoms with Gasteiger partial charge in [-0.3, -0.25) is 4.79 Å². The fourth-order valence-corrected chi connectivity index (χ4v) is 5.39. The molecule has 4 aromatic rings. The Balaban J connectivity index is 1.47. The van der Waals surface area contributed by atoms with Crippen molar-refractivity contribution in [1.82, 2.24) is 23.9 Å². The van der Waals surface area contributed by atoms with Gasteiger partial charge in [-0.15, -0.1) is 0 Å². The third-order valence-electron chi connectivity index (χ3n) is 6.24. The molecule has 0 radical (unpaired) electrons. The second-order valence-corrected chi connectivity index (χ2v) is 10.1. The predicted molar refractivity (Wildman–Crippen MR) is 123 cm³/mol. The molecular formula is C23H22F2N6O3S. The standard InChI is InChI=1S/C23H22F2N6O3S/c1-14-27-22(13-29(14)2)35(33,34)28-23(32)18-12-26-31-9-7-16(11-21(18)31)30-8-3-4-20(30)17-10-15(24)5-6-19(17)25/h5-7,9-13,20H,3-4,8H2,1-2H3,(H,28,32). The monoisotopic (exact) mass is 500 g/mol. The summed E-state index contributed by atoms with van der Waals surface area (Å²) in [5.74, 6) is -1.37. The molecule has 1 atom stereocenters. The van der Waals surface area contributed by atoms with Crippen LogP contribution in [-0.2, 0) is 17.1 Å². The van der Waals surface area contributed by atoms with Crippen molar-refractivity contribution in [2.75, 3.05) is 11.4 Å². The number of benzene rings is 1. The summed E-state index contributed by atoms with van der Waals surface area (Å²) in [7, 11) is -2.54. The van der Waals surface area contributed by atoms with Gasteiger partial charge in [0.2, 0.25) is 0 Å². The van der Waals surface area contributed by atoms with E-state index in [1.54, 1.807) is 32.3 Å². The minimum atomic E-state index is -4.19. The first-order valence-corrected chi connectivity index (χ1v) is 12.4. The fourth-order valence-electron chi connectivity index (χ4n) is 4.38. The number of aryl methyl sites for hydroxylation is 2. The SMILES string of the molecule is Cc1nc(S(=O)(=O)NC(=O)c2cnn3ccc(N4CCCC4c4cc(F)ccc4F)cc23)cn1C. The zero-order valence-corrected chi connectivity index (χ0v) is 19.8. The Hall–Kier alpha value is -3.80. The highest BCUT2D eigenvalue weighted by Crippen LogP contribution is 2.38. The van der Waals surface area contributed by atoms with Crippen molar-refractivity contribution in [1.29, 1.82) is 0 Å². The molecule has 0 bridgehead atoms. The number of nitrogens with one attached hydrogen (secondary N) is 1. The molecule has 1 saturated heterocycles. The van der Waals surface area contributed by atoms with Gasteiger partial charge in [-0.05, 0) is 50.1 Å². The number of halogens is 2. The van der Waals surface area contributed by atoms with Gasteiger partial charge in [0.15, 0.2) is 5.03 Å². The number of pyridine rings is 1. The second kappa shape index (κ2) is 8.45. The number of imidazole rings is 1. The van der Waals surface area contributed by atoms with E-state index in [1.807, 2.05) is 9.62 Å². The van der Waals surface area contributed by atoms with Crippen LogP contribution in [0.2, 0.25) is 0 Å². The van der Waals surface area contributed by atoms with Crippen molar-refractivity contribution in [3.63, 3.8) is 0 Å². The number of rotatable bonds is 5. The largest absolute Gasteiger partial charge is 0.364 e. The molecular weight excluding hydrogens is 478 g/mol. The van der Waals surface area contributed by atoms with Gasteiger partial charge in [0.05, 0.1) is 23.3 Å². The number of aromatic nitrogens is 4. The number of nitrogens with zero attached hydrogens (tertiary/aromatic N) is 5. The van der Waals surface area contributed by atoms with Crippen LogP contribution >= 0.6 is 0 Å². The predicted octanol–water partition coefficient (Wildman–Crippen LogP) is 3.11. The highest BCUT2D eigenvalue weighted by atomic mass is 32.2. The number of fused-ring (bicyclic) bond motifs is 1. The molecule has 1 aliphatic rings. The highest BCUT2D eigenvalue weighted by Gasteiger charge is 2.30. The summed E-state index contributed by atoms with van der Waals surface area (Å²) in [5, 5.41) is 3.88. The molecule has 1 aliphatic heterocycles. The molecule has 35 heavy (non-hydrogen) atoms. The van der Waals surface area contributed by atoms with Crippen LogP contribution in [0.15, 0.2) is 53.9 Å². The number of anilines is 1. The van der Waals surface area contributed by atoms with Gasteiger partial charge in [-0.1, -0.05) is 0 Å². The van der Waals surface area contributed by atoms with Crippen LogP contribution in [0.3, 0.4) is 0 Å². The molecule has 4 heterocycles. The van der Waals surface area contributed by atoms with Crippen LogP contribution < -0.4 is 9.62 Å². The molecule has 12 heteroatoms. The van der Waals surface area contributed by atoms with Gasteiger partial charge in [0, 0.05) is 37.2 Å². The maximum Gasteiger partial charge on any atom is 0.283 e. The maximum atomic E-state index is 14.5. The number of hydrogen-bond donors (Lipinski definition) is 1. The van der Waals surface area contributed by atoms with Crippen molar-refractivity contribution in [3.05, 3.63) is 77.5 Å². The highest BCUT2D eigenvalue weighted by molar-refractivity contribution is 7.90. The van der Waals surface area contributed by atoms with E-state index in [0.717, 1.165) is 18.6 Å². The Morgan fingerprint density at radius 3 is 2.74 bits per heavy atom. The zero-order valence-electron chi connectivity index (χ0n) is 18.9. The van der Waals surface area contributed by atoms with E-state index in [1.165, 1.54) is 27.5 Å². The zero-order chi connectivity index (χ0) is 24.9. The minimum Gasteiger partial charge on any atom is -0.364 e. The Morgan fingerprint density at radius 2 is 2.00 bits per heavy atom. The lowest BCUT2D eigenvalue weighted by atomic mass is 10.0. The maximum absolute atomic E-state index is 14.5. The lowest BCUT2D eigenvalue weighted by Crippen LogP contribution is -2.30. The van der Waals surface area contributed by atoms with Crippen LogP contribution in [0.5, 0.6) is 0 Å². The number of carbonyl (C=O) groups excluding carboxylic acids is 1. The van der Waals surface area contributed by atoms with E-state index in [9.17, 15) is 22.0 Å². The van der Waals surface area contributed by atoms with Crippen molar-refractivity contribution in [2.24, 2.45) is 7.05 Å². The summed E-state index contributed by atoms with van der Waals surface area (Å²) >= 11 is 0. The second-order valence-electron chi connectivity index (χ2n) is 8.46. The van der Waals surface area contributed by atoms with Gasteiger partial charge in [0.1, 0.15) is 17.5 Å². The first kappa shape index (κ1) is 23.0. The van der Waals surface area contributed by atoms with E-state index < -0.39 is 27.6 Å². The van der Waals surface area contributed by atoms with Gasteiger partial charge in [-0.25, -0.2) is 23.0 Å². The van der Waals surface area contributed by atoms with E-state index >= 15 is 0 Å². The lowest BCUT2D eigenvalue weighted by Gasteiger charge is -2.27. The third-order valence-corrected chi connectivity index (χ3v) is 7.44. The molecule has 0 aliphatic carbocycles. The number of hydrogen-bond acceptors (Lipinski definition) is 6.